The zero-order valence-electron chi connectivity index (χ0n) is 16.4. The highest BCUT2D eigenvalue weighted by molar-refractivity contribution is 7.90. The molecule has 0 aliphatic carbocycles. The molecule has 1 heterocycles. The van der Waals surface area contributed by atoms with Gasteiger partial charge in [0.1, 0.15) is 11.9 Å². The highest BCUT2D eigenvalue weighted by Crippen LogP contribution is 2.22. The van der Waals surface area contributed by atoms with E-state index in [4.69, 9.17) is 0 Å². The number of hydrogen-bond acceptors (Lipinski definition) is 6. The number of carbonyl (C=O) groups is 1. The quantitative estimate of drug-likeness (QED) is 0.564. The number of rotatable bonds is 7. The fourth-order valence-corrected chi connectivity index (χ4v) is 4.88. The largest absolute Gasteiger partial charge is 0.350 e. The number of carbonyl (C=O) groups excluding carboxylic acids is 1. The monoisotopic (exact) mass is 450 g/mol. The minimum Gasteiger partial charge on any atom is -0.350 e. The van der Waals surface area contributed by atoms with Gasteiger partial charge in [-0.15, -0.1) is 0 Å². The van der Waals surface area contributed by atoms with Gasteiger partial charge in [-0.2, -0.15) is 0 Å². The maximum atomic E-state index is 12.4. The van der Waals surface area contributed by atoms with Crippen molar-refractivity contribution in [2.75, 3.05) is 7.05 Å². The maximum absolute atomic E-state index is 12.4. The minimum atomic E-state index is -3.66. The van der Waals surface area contributed by atoms with Crippen molar-refractivity contribution in [1.82, 2.24) is 14.8 Å². The highest BCUT2D eigenvalue weighted by atomic mass is 32.2. The van der Waals surface area contributed by atoms with Gasteiger partial charge in [-0.1, -0.05) is 36.4 Å². The Balaban J connectivity index is 1.63. The van der Waals surface area contributed by atoms with Gasteiger partial charge in [-0.25, -0.2) is 21.6 Å². The predicted octanol–water partition coefficient (Wildman–Crippen LogP) is 0.479. The van der Waals surface area contributed by atoms with Crippen LogP contribution in [0.1, 0.15) is 23.6 Å². The SMILES string of the molecule is CNS(=O)(=O)Cc1ccc(CNC(=O)[C@H](C)N=C2NS(=O)(=O)c3ccccc32)cc1. The van der Waals surface area contributed by atoms with Crippen molar-refractivity contribution >= 4 is 31.8 Å². The predicted molar refractivity (Wildman–Crippen MR) is 113 cm³/mol. The van der Waals surface area contributed by atoms with Gasteiger partial charge in [0, 0.05) is 12.1 Å². The van der Waals surface area contributed by atoms with E-state index < -0.39 is 26.1 Å². The summed E-state index contributed by atoms with van der Waals surface area (Å²) in [4.78, 5) is 16.8. The van der Waals surface area contributed by atoms with Gasteiger partial charge in [0.15, 0.2) is 0 Å². The first-order valence-corrected chi connectivity index (χ1v) is 12.2. The Morgan fingerprint density at radius 3 is 2.40 bits per heavy atom. The van der Waals surface area contributed by atoms with E-state index in [1.54, 1.807) is 49.4 Å². The first-order chi connectivity index (χ1) is 14.1. The summed E-state index contributed by atoms with van der Waals surface area (Å²) >= 11 is 0. The molecule has 0 fully saturated rings. The van der Waals surface area contributed by atoms with E-state index in [1.165, 1.54) is 13.1 Å². The first kappa shape index (κ1) is 21.9. The van der Waals surface area contributed by atoms with Crippen LogP contribution in [0.3, 0.4) is 0 Å². The third-order valence-electron chi connectivity index (χ3n) is 4.52. The zero-order valence-corrected chi connectivity index (χ0v) is 18.0. The summed E-state index contributed by atoms with van der Waals surface area (Å²) in [7, 11) is -5.65. The molecule has 9 nitrogen and oxygen atoms in total. The van der Waals surface area contributed by atoms with Gasteiger partial charge < -0.3 is 5.32 Å². The fourth-order valence-electron chi connectivity index (χ4n) is 2.86. The maximum Gasteiger partial charge on any atom is 0.263 e. The molecule has 160 valence electrons. The average Bonchev–Trinajstić information content (AvgIpc) is 2.97. The molecular formula is C19H22N4O5S2. The molecule has 0 radical (unpaired) electrons. The highest BCUT2D eigenvalue weighted by Gasteiger charge is 2.31. The molecule has 0 unspecified atom stereocenters. The van der Waals surface area contributed by atoms with Crippen LogP contribution in [0.25, 0.3) is 0 Å². The lowest BCUT2D eigenvalue weighted by Gasteiger charge is -2.10. The Morgan fingerprint density at radius 1 is 1.10 bits per heavy atom. The van der Waals surface area contributed by atoms with Crippen LogP contribution < -0.4 is 14.8 Å². The van der Waals surface area contributed by atoms with Crippen LogP contribution in [0, 0.1) is 0 Å². The van der Waals surface area contributed by atoms with Crippen molar-refractivity contribution in [3.8, 4) is 0 Å². The Morgan fingerprint density at radius 2 is 1.73 bits per heavy atom. The van der Waals surface area contributed by atoms with E-state index in [0.717, 1.165) is 5.56 Å². The van der Waals surface area contributed by atoms with Crippen molar-refractivity contribution < 1.29 is 21.6 Å². The molecular weight excluding hydrogens is 428 g/mol. The van der Waals surface area contributed by atoms with Gasteiger partial charge in [-0.3, -0.25) is 14.5 Å². The van der Waals surface area contributed by atoms with Crippen LogP contribution in [0.15, 0.2) is 58.4 Å². The Hall–Kier alpha value is -2.76. The van der Waals surface area contributed by atoms with E-state index in [-0.39, 0.29) is 28.9 Å². The lowest BCUT2D eigenvalue weighted by Crippen LogP contribution is -2.33. The summed E-state index contributed by atoms with van der Waals surface area (Å²) in [6.45, 7) is 1.80. The number of fused-ring (bicyclic) bond motifs is 1. The smallest absolute Gasteiger partial charge is 0.263 e. The summed E-state index contributed by atoms with van der Waals surface area (Å²) < 4.78 is 52.0. The molecule has 2 aromatic rings. The average molecular weight is 451 g/mol. The van der Waals surface area contributed by atoms with Crippen molar-refractivity contribution in [3.05, 3.63) is 65.2 Å². The zero-order chi connectivity index (χ0) is 21.9. The number of hydrogen-bond donors (Lipinski definition) is 3. The molecule has 2 aromatic carbocycles. The van der Waals surface area contributed by atoms with Crippen LogP contribution >= 0.6 is 0 Å². The van der Waals surface area contributed by atoms with Crippen LogP contribution in [0.2, 0.25) is 0 Å². The molecule has 3 rings (SSSR count). The molecule has 11 heteroatoms. The second kappa shape index (κ2) is 8.54. The minimum absolute atomic E-state index is 0.123. The molecule has 1 atom stereocenters. The first-order valence-electron chi connectivity index (χ1n) is 9.08. The van der Waals surface area contributed by atoms with E-state index in [0.29, 0.717) is 11.1 Å². The number of benzene rings is 2. The van der Waals surface area contributed by atoms with Crippen LogP contribution in [0.5, 0.6) is 0 Å². The number of amides is 1. The lowest BCUT2D eigenvalue weighted by molar-refractivity contribution is -0.122. The summed E-state index contributed by atoms with van der Waals surface area (Å²) in [5.41, 5.74) is 1.86. The third kappa shape index (κ3) is 5.04. The molecule has 30 heavy (non-hydrogen) atoms. The summed E-state index contributed by atoms with van der Waals surface area (Å²) in [5, 5.41) is 2.74. The number of nitrogens with zero attached hydrogens (tertiary/aromatic N) is 1. The number of sulfonamides is 2. The number of nitrogens with one attached hydrogen (secondary N) is 3. The van der Waals surface area contributed by atoms with Gasteiger partial charge in [0.25, 0.3) is 10.0 Å². The van der Waals surface area contributed by atoms with E-state index in [2.05, 4.69) is 19.8 Å². The molecule has 1 aliphatic heterocycles. The molecule has 0 saturated heterocycles. The van der Waals surface area contributed by atoms with Crippen molar-refractivity contribution in [3.63, 3.8) is 0 Å². The summed E-state index contributed by atoms with van der Waals surface area (Å²) in [6, 6.07) is 12.5. The van der Waals surface area contributed by atoms with E-state index >= 15 is 0 Å². The third-order valence-corrected chi connectivity index (χ3v) is 7.25. The normalized spacial score (nSPS) is 17.2. The van der Waals surface area contributed by atoms with E-state index in [1.807, 2.05) is 0 Å². The molecule has 0 spiro atoms. The molecule has 0 bridgehead atoms. The van der Waals surface area contributed by atoms with Crippen molar-refractivity contribution in [2.24, 2.45) is 4.99 Å². The molecule has 1 amide bonds. The van der Waals surface area contributed by atoms with Crippen molar-refractivity contribution in [2.45, 2.75) is 30.2 Å². The van der Waals surface area contributed by atoms with Crippen LogP contribution in [0.4, 0.5) is 0 Å². The second-order valence-electron chi connectivity index (χ2n) is 6.75. The van der Waals surface area contributed by atoms with Gasteiger partial charge in [0.05, 0.1) is 10.6 Å². The Bertz CT molecular complexity index is 1190. The van der Waals surface area contributed by atoms with Gasteiger partial charge in [-0.05, 0) is 37.2 Å². The van der Waals surface area contributed by atoms with Gasteiger partial charge in [0.2, 0.25) is 15.9 Å². The summed E-state index contributed by atoms with van der Waals surface area (Å²) in [5.74, 6) is -0.349. The van der Waals surface area contributed by atoms with E-state index in [9.17, 15) is 21.6 Å². The Labute approximate surface area is 175 Å². The van der Waals surface area contributed by atoms with Crippen LogP contribution in [-0.2, 0) is 37.1 Å². The summed E-state index contributed by atoms with van der Waals surface area (Å²) in [6.07, 6.45) is 0. The lowest BCUT2D eigenvalue weighted by atomic mass is 10.1. The van der Waals surface area contributed by atoms with Gasteiger partial charge >= 0.3 is 0 Å². The van der Waals surface area contributed by atoms with Crippen LogP contribution in [-0.4, -0.2) is 41.7 Å². The molecule has 3 N–H and O–H groups in total. The number of aliphatic imine (C=N–C) groups is 1. The molecule has 1 aliphatic rings. The Kier molecular flexibility index (Phi) is 6.25. The van der Waals surface area contributed by atoms with Crippen molar-refractivity contribution in [1.29, 1.82) is 0 Å². The molecule has 0 aromatic heterocycles. The second-order valence-corrected chi connectivity index (χ2v) is 10.3. The standard InChI is InChI=1S/C19H22N4O5S2/c1-13(22-18-16-5-3-4-6-17(16)30(27,28)23-18)19(24)21-11-14-7-9-15(10-8-14)12-29(25,26)20-2/h3-10,13,20H,11-12H2,1-2H3,(H,21,24)(H,22,23)/t13-/m0/s1. The molecule has 0 saturated carbocycles. The fraction of sp³-hybridized carbons (Fsp3) is 0.263. The topological polar surface area (TPSA) is 134 Å². The number of amidine groups is 1.